The molecule has 0 aliphatic rings. The van der Waals surface area contributed by atoms with Crippen LogP contribution >= 0.6 is 24.8 Å². The largest absolute Gasteiger partial charge is 0.334 e. The number of rotatable bonds is 7. The molecule has 29 heavy (non-hydrogen) atoms. The first-order valence-electron chi connectivity index (χ1n) is 9.39. The summed E-state index contributed by atoms with van der Waals surface area (Å²) in [5.74, 6) is -0.00823. The number of nitrogens with zero attached hydrogens (tertiary/aromatic N) is 4. The molecule has 0 unspecified atom stereocenters. The first-order valence-corrected chi connectivity index (χ1v) is 9.39. The Morgan fingerprint density at radius 2 is 1.90 bits per heavy atom. The Morgan fingerprint density at radius 3 is 2.52 bits per heavy atom. The number of carbonyl (C=O) groups excluding carboxylic acids is 1. The SMILES string of the molecule is Cc1cc(C(=O)N(CCCN)Cc2ccccc2)c2cnn(C(C)C)c2n1.Cl.Cl. The predicted molar refractivity (Wildman–Crippen MR) is 122 cm³/mol. The Balaban J connectivity index is 0.00000210. The number of benzene rings is 1. The second kappa shape index (κ2) is 11.1. The zero-order valence-electron chi connectivity index (χ0n) is 17.0. The van der Waals surface area contributed by atoms with Crippen LogP contribution in [0.4, 0.5) is 0 Å². The van der Waals surface area contributed by atoms with Crippen molar-refractivity contribution in [2.24, 2.45) is 5.73 Å². The van der Waals surface area contributed by atoms with Gasteiger partial charge in [-0.25, -0.2) is 9.67 Å². The van der Waals surface area contributed by atoms with Gasteiger partial charge in [-0.3, -0.25) is 4.79 Å². The lowest BCUT2D eigenvalue weighted by molar-refractivity contribution is 0.0744. The fourth-order valence-electron chi connectivity index (χ4n) is 3.21. The second-order valence-electron chi connectivity index (χ2n) is 7.09. The number of nitrogens with two attached hydrogens (primary N) is 1. The number of pyridine rings is 1. The minimum atomic E-state index is -0.00823. The van der Waals surface area contributed by atoms with Crippen molar-refractivity contribution in [1.82, 2.24) is 19.7 Å². The first kappa shape index (κ1) is 24.9. The third-order valence-corrected chi connectivity index (χ3v) is 4.55. The molecule has 0 spiro atoms. The van der Waals surface area contributed by atoms with Crippen LogP contribution in [0.2, 0.25) is 0 Å². The molecule has 2 heterocycles. The van der Waals surface area contributed by atoms with Crippen molar-refractivity contribution in [3.63, 3.8) is 0 Å². The molecule has 8 heteroatoms. The van der Waals surface area contributed by atoms with E-state index in [4.69, 9.17) is 5.73 Å². The van der Waals surface area contributed by atoms with E-state index in [9.17, 15) is 4.79 Å². The van der Waals surface area contributed by atoms with Gasteiger partial charge in [0.25, 0.3) is 5.91 Å². The molecule has 3 rings (SSSR count). The Kier molecular flexibility index (Phi) is 9.56. The van der Waals surface area contributed by atoms with Crippen LogP contribution < -0.4 is 5.73 Å². The van der Waals surface area contributed by atoms with E-state index in [-0.39, 0.29) is 36.8 Å². The van der Waals surface area contributed by atoms with E-state index < -0.39 is 0 Å². The molecule has 0 radical (unpaired) electrons. The van der Waals surface area contributed by atoms with Gasteiger partial charge >= 0.3 is 0 Å². The number of amides is 1. The monoisotopic (exact) mass is 437 g/mol. The summed E-state index contributed by atoms with van der Waals surface area (Å²) in [5.41, 5.74) is 9.02. The van der Waals surface area contributed by atoms with Crippen molar-refractivity contribution in [3.8, 4) is 0 Å². The molecule has 2 N–H and O–H groups in total. The maximum atomic E-state index is 13.4. The van der Waals surface area contributed by atoms with Crippen LogP contribution in [0.15, 0.2) is 42.6 Å². The molecular weight excluding hydrogens is 409 g/mol. The molecule has 0 atom stereocenters. The maximum Gasteiger partial charge on any atom is 0.255 e. The lowest BCUT2D eigenvalue weighted by Crippen LogP contribution is -2.32. The van der Waals surface area contributed by atoms with Gasteiger partial charge in [0.05, 0.1) is 17.1 Å². The molecule has 1 amide bonds. The zero-order chi connectivity index (χ0) is 19.4. The molecule has 1 aromatic carbocycles. The van der Waals surface area contributed by atoms with Gasteiger partial charge in [0.15, 0.2) is 5.65 Å². The summed E-state index contributed by atoms with van der Waals surface area (Å²) in [5, 5.41) is 5.24. The lowest BCUT2D eigenvalue weighted by atomic mass is 10.1. The van der Waals surface area contributed by atoms with Crippen molar-refractivity contribution in [1.29, 1.82) is 0 Å². The smallest absolute Gasteiger partial charge is 0.255 e. The number of hydrogen-bond acceptors (Lipinski definition) is 4. The molecule has 0 aliphatic carbocycles. The summed E-state index contributed by atoms with van der Waals surface area (Å²) in [6.07, 6.45) is 2.51. The maximum absolute atomic E-state index is 13.4. The van der Waals surface area contributed by atoms with Crippen LogP contribution in [0.25, 0.3) is 11.0 Å². The van der Waals surface area contributed by atoms with Crippen LogP contribution in [0, 0.1) is 6.92 Å². The van der Waals surface area contributed by atoms with Crippen molar-refractivity contribution in [2.75, 3.05) is 13.1 Å². The van der Waals surface area contributed by atoms with Crippen LogP contribution in [-0.2, 0) is 6.54 Å². The molecule has 2 aromatic heterocycles. The fraction of sp³-hybridized carbons (Fsp3) is 0.381. The van der Waals surface area contributed by atoms with Crippen LogP contribution in [0.3, 0.4) is 0 Å². The van der Waals surface area contributed by atoms with E-state index in [1.54, 1.807) is 6.20 Å². The van der Waals surface area contributed by atoms with E-state index in [0.717, 1.165) is 28.7 Å². The van der Waals surface area contributed by atoms with Gasteiger partial charge in [-0.15, -0.1) is 24.8 Å². The van der Waals surface area contributed by atoms with Crippen molar-refractivity contribution >= 4 is 41.8 Å². The molecule has 3 aromatic rings. The Morgan fingerprint density at radius 1 is 1.21 bits per heavy atom. The third-order valence-electron chi connectivity index (χ3n) is 4.55. The molecule has 0 saturated heterocycles. The van der Waals surface area contributed by atoms with Crippen molar-refractivity contribution in [3.05, 3.63) is 59.4 Å². The highest BCUT2D eigenvalue weighted by Crippen LogP contribution is 2.23. The number of hydrogen-bond donors (Lipinski definition) is 1. The molecule has 0 aliphatic heterocycles. The second-order valence-corrected chi connectivity index (χ2v) is 7.09. The highest BCUT2D eigenvalue weighted by Gasteiger charge is 2.21. The Bertz CT molecular complexity index is 927. The highest BCUT2D eigenvalue weighted by molar-refractivity contribution is 6.05. The van der Waals surface area contributed by atoms with E-state index in [2.05, 4.69) is 23.9 Å². The third kappa shape index (κ3) is 5.69. The Hall–Kier alpha value is -2.15. The quantitative estimate of drug-likeness (QED) is 0.601. The van der Waals surface area contributed by atoms with E-state index in [0.29, 0.717) is 25.2 Å². The number of carbonyl (C=O) groups is 1. The topological polar surface area (TPSA) is 77.0 Å². The fourth-order valence-corrected chi connectivity index (χ4v) is 3.21. The summed E-state index contributed by atoms with van der Waals surface area (Å²) >= 11 is 0. The van der Waals surface area contributed by atoms with Gasteiger partial charge in [0, 0.05) is 24.8 Å². The van der Waals surface area contributed by atoms with Crippen molar-refractivity contribution < 1.29 is 4.79 Å². The normalized spacial score (nSPS) is 10.5. The highest BCUT2D eigenvalue weighted by atomic mass is 35.5. The van der Waals surface area contributed by atoms with Gasteiger partial charge in [-0.2, -0.15) is 5.10 Å². The summed E-state index contributed by atoms with van der Waals surface area (Å²) in [4.78, 5) is 19.9. The number of fused-ring (bicyclic) bond motifs is 1. The molecule has 0 fully saturated rings. The average molecular weight is 438 g/mol. The summed E-state index contributed by atoms with van der Waals surface area (Å²) in [6, 6.07) is 12.1. The van der Waals surface area contributed by atoms with Gasteiger partial charge in [0.1, 0.15) is 0 Å². The zero-order valence-corrected chi connectivity index (χ0v) is 18.7. The predicted octanol–water partition coefficient (Wildman–Crippen LogP) is 4.16. The van der Waals surface area contributed by atoms with Crippen molar-refractivity contribution in [2.45, 2.75) is 39.8 Å². The molecule has 6 nitrogen and oxygen atoms in total. The minimum absolute atomic E-state index is 0. The molecule has 0 saturated carbocycles. The van der Waals surface area contributed by atoms with E-state index in [1.165, 1.54) is 0 Å². The van der Waals surface area contributed by atoms with Gasteiger partial charge in [-0.05, 0) is 45.4 Å². The van der Waals surface area contributed by atoms with Crippen LogP contribution in [0.5, 0.6) is 0 Å². The lowest BCUT2D eigenvalue weighted by Gasteiger charge is -2.23. The van der Waals surface area contributed by atoms with E-state index in [1.807, 2.05) is 52.9 Å². The van der Waals surface area contributed by atoms with Crippen LogP contribution in [-0.4, -0.2) is 38.7 Å². The van der Waals surface area contributed by atoms with Gasteiger partial charge < -0.3 is 10.6 Å². The molecular formula is C21H29Cl2N5O. The average Bonchev–Trinajstić information content (AvgIpc) is 3.08. The first-order chi connectivity index (χ1) is 13.0. The summed E-state index contributed by atoms with van der Waals surface area (Å²) in [6.45, 7) is 7.75. The van der Waals surface area contributed by atoms with Crippen LogP contribution in [0.1, 0.15) is 47.9 Å². The number of aryl methyl sites for hydroxylation is 1. The molecule has 158 valence electrons. The summed E-state index contributed by atoms with van der Waals surface area (Å²) < 4.78 is 1.86. The Labute approximate surface area is 184 Å². The minimum Gasteiger partial charge on any atom is -0.334 e. The summed E-state index contributed by atoms with van der Waals surface area (Å²) in [7, 11) is 0. The van der Waals surface area contributed by atoms with E-state index >= 15 is 0 Å². The standard InChI is InChI=1S/C21H27N5O.2ClH/c1-15(2)26-20-19(13-23-26)18(12-16(3)24-20)21(27)25(11-7-10-22)14-17-8-5-4-6-9-17;;/h4-6,8-9,12-13,15H,7,10-11,14,22H2,1-3H3;2*1H. The number of halogens is 2. The van der Waals surface area contributed by atoms with Gasteiger partial charge in [0.2, 0.25) is 0 Å². The van der Waals surface area contributed by atoms with Gasteiger partial charge in [-0.1, -0.05) is 30.3 Å². The molecule has 0 bridgehead atoms. The number of aromatic nitrogens is 3.